The van der Waals surface area contributed by atoms with E-state index in [1.807, 2.05) is 36.5 Å². The smallest absolute Gasteiger partial charge is 0.147 e. The molecule has 0 N–H and O–H groups in total. The van der Waals surface area contributed by atoms with Crippen LogP contribution in [0.25, 0.3) is 77.5 Å². The number of pyridine rings is 1. The van der Waals surface area contributed by atoms with Gasteiger partial charge in [0, 0.05) is 63.5 Å². The maximum Gasteiger partial charge on any atom is 0.147 e. The zero-order chi connectivity index (χ0) is 47.6. The van der Waals surface area contributed by atoms with Crippen LogP contribution in [0.15, 0.2) is 106 Å². The molecule has 7 heteroatoms. The molecule has 4 aromatic heterocycles. The van der Waals surface area contributed by atoms with Gasteiger partial charge >= 0.3 is 0 Å². The van der Waals surface area contributed by atoms with E-state index >= 15 is 0 Å². The minimum atomic E-state index is -2.41. The van der Waals surface area contributed by atoms with Crippen molar-refractivity contribution >= 4 is 43.9 Å². The minimum absolute atomic E-state index is 0. The number of halogens is 1. The van der Waals surface area contributed by atoms with Crippen molar-refractivity contribution < 1.29 is 37.4 Å². The fraction of sp³-hybridized carbons (Fsp3) is 0.316. The Bertz CT molecular complexity index is 3210. The zero-order valence-electron chi connectivity index (χ0n) is 41.8. The van der Waals surface area contributed by atoms with Gasteiger partial charge in [0.15, 0.2) is 0 Å². The molecule has 0 aliphatic heterocycles. The number of benzene rings is 5. The topological polar surface area (TPSA) is 65.0 Å². The summed E-state index contributed by atoms with van der Waals surface area (Å²) in [6, 6.07) is 32.9. The Morgan fingerprint density at radius 1 is 0.641 bits per heavy atom. The Labute approximate surface area is 395 Å². The van der Waals surface area contributed by atoms with Crippen LogP contribution in [0.3, 0.4) is 0 Å². The third-order valence-corrected chi connectivity index (χ3v) is 11.9. The van der Waals surface area contributed by atoms with Crippen molar-refractivity contribution in [3.63, 3.8) is 0 Å². The Kier molecular flexibility index (Phi) is 11.8. The summed E-state index contributed by atoms with van der Waals surface area (Å²) in [5.41, 5.74) is 13.1. The maximum atomic E-state index is 12.8. The van der Waals surface area contributed by atoms with E-state index in [1.54, 1.807) is 18.5 Å². The average Bonchev–Trinajstić information content (AvgIpc) is 3.83. The molecule has 0 unspecified atom stereocenters. The molecule has 5 nitrogen and oxygen atoms in total. The van der Waals surface area contributed by atoms with Crippen LogP contribution in [-0.4, -0.2) is 15.0 Å². The monoisotopic (exact) mass is 1030 g/mol. The zero-order valence-corrected chi connectivity index (χ0v) is 41.2. The predicted molar refractivity (Wildman–Crippen MR) is 259 cm³/mol. The Hall–Kier alpha value is -5.49. The van der Waals surface area contributed by atoms with Crippen LogP contribution in [0.5, 0.6) is 0 Å². The molecule has 9 rings (SSSR count). The summed E-state index contributed by atoms with van der Waals surface area (Å²) >= 11 is 0. The van der Waals surface area contributed by atoms with Crippen LogP contribution in [0.2, 0.25) is 0 Å². The summed E-state index contributed by atoms with van der Waals surface area (Å²) in [5.74, 6) is 0.468. The summed E-state index contributed by atoms with van der Waals surface area (Å²) in [7, 11) is 0. The third-order valence-electron chi connectivity index (χ3n) is 11.9. The van der Waals surface area contributed by atoms with E-state index in [1.165, 1.54) is 34.4 Å². The number of rotatable bonds is 6. The van der Waals surface area contributed by atoms with Crippen LogP contribution in [-0.2, 0) is 30.9 Å². The number of hydrogen-bond acceptors (Lipinski definition) is 5. The second kappa shape index (κ2) is 17.8. The van der Waals surface area contributed by atoms with Gasteiger partial charge in [0.2, 0.25) is 0 Å². The number of furan rings is 2. The van der Waals surface area contributed by atoms with Gasteiger partial charge in [-0.3, -0.25) is 9.37 Å². The second-order valence-electron chi connectivity index (χ2n) is 19.7. The van der Waals surface area contributed by atoms with Crippen LogP contribution in [0, 0.1) is 24.8 Å². The number of aryl methyl sites for hydroxylation is 1. The molecule has 4 heterocycles. The standard InChI is InChI=1S/C42H43N2O2.C15H15FN.Ir/c1-22(2)26-17-29(23(3)4)37(30(18-26)24(5)6)38-40-31(27-13-11-12-14-34(27)45-40)19-32-36-25(7)15-16-28(39(36)46-41(32)38)33-20-35(42(8,9)10)44-21-43-33;1-15(2,3)12-6-9-14(17-10-12)11-4-7-13(16)8-5-11;/h11-15,17-24H,1-10H3;4,6-10H,1-3H3;/q2*-1;/i7D3;;. The third kappa shape index (κ3) is 8.82. The molecular formula is C57H58FIrN3O2-2. The fourth-order valence-electron chi connectivity index (χ4n) is 8.26. The molecule has 1 radical (unpaired) electrons. The van der Waals surface area contributed by atoms with Crippen LogP contribution >= 0.6 is 0 Å². The number of aromatic nitrogens is 3. The van der Waals surface area contributed by atoms with E-state index in [4.69, 9.17) is 12.9 Å². The molecule has 0 fully saturated rings. The summed E-state index contributed by atoms with van der Waals surface area (Å²) in [4.78, 5) is 13.6. The molecule has 0 aliphatic carbocycles. The number of para-hydroxylation sites is 1. The molecule has 0 aliphatic rings. The van der Waals surface area contributed by atoms with E-state index in [-0.39, 0.29) is 54.2 Å². The molecule has 0 atom stereocenters. The van der Waals surface area contributed by atoms with Gasteiger partial charge in [0.1, 0.15) is 23.1 Å². The van der Waals surface area contributed by atoms with Crippen molar-refractivity contribution in [1.82, 2.24) is 15.0 Å². The van der Waals surface area contributed by atoms with Crippen LogP contribution in [0.1, 0.15) is 138 Å². The first-order chi connectivity index (χ1) is 31.0. The number of nitrogens with zero attached hydrogens (tertiary/aromatic N) is 3. The van der Waals surface area contributed by atoms with Gasteiger partial charge in [-0.15, -0.1) is 47.5 Å². The van der Waals surface area contributed by atoms with E-state index in [0.29, 0.717) is 33.7 Å². The van der Waals surface area contributed by atoms with Crippen molar-refractivity contribution in [1.29, 1.82) is 0 Å². The Morgan fingerprint density at radius 2 is 1.34 bits per heavy atom. The summed E-state index contributed by atoms with van der Waals surface area (Å²) < 4.78 is 52.4. The van der Waals surface area contributed by atoms with Crippen LogP contribution in [0.4, 0.5) is 4.39 Å². The van der Waals surface area contributed by atoms with E-state index in [2.05, 4.69) is 141 Å². The molecule has 0 saturated carbocycles. The van der Waals surface area contributed by atoms with Gasteiger partial charge in [-0.2, -0.15) is 0 Å². The summed E-state index contributed by atoms with van der Waals surface area (Å²) in [6.45, 7) is 23.7. The first-order valence-corrected chi connectivity index (χ1v) is 21.9. The molecule has 0 amide bonds. The number of fused-ring (bicyclic) bond motifs is 6. The molecule has 9 aromatic rings. The molecule has 5 aromatic carbocycles. The molecule has 0 spiro atoms. The normalized spacial score (nSPS) is 13.1. The number of hydrogen-bond donors (Lipinski definition) is 0. The predicted octanol–water partition coefficient (Wildman–Crippen LogP) is 16.4. The van der Waals surface area contributed by atoms with Gasteiger partial charge in [0.05, 0.1) is 11.1 Å². The van der Waals surface area contributed by atoms with E-state index in [0.717, 1.165) is 55.4 Å². The second-order valence-corrected chi connectivity index (χ2v) is 19.7. The SMILES string of the molecule is CC(C)(C)c1ccc(-c2[c-]cc(F)cc2)nc1.[2H]C([2H])([2H])c1c[c-]c(-c2cc(C(C)(C)C)ncn2)c2oc3c(-c4c(C(C)C)cc(C(C)C)cc4C(C)C)c4oc5ccccc5c4cc3c12.[Ir]. The van der Waals surface area contributed by atoms with Crippen molar-refractivity contribution in [3.8, 4) is 33.6 Å². The van der Waals surface area contributed by atoms with Gasteiger partial charge in [-0.25, -0.2) is 4.98 Å². The van der Waals surface area contributed by atoms with E-state index in [9.17, 15) is 4.39 Å². The molecule has 331 valence electrons. The fourth-order valence-corrected chi connectivity index (χ4v) is 8.26. The first-order valence-electron chi connectivity index (χ1n) is 23.4. The quantitative estimate of drug-likeness (QED) is 0.155. The summed E-state index contributed by atoms with van der Waals surface area (Å²) in [5, 5.41) is 3.16. The van der Waals surface area contributed by atoms with Gasteiger partial charge in [0.25, 0.3) is 0 Å². The van der Waals surface area contributed by atoms with Gasteiger partial charge in [-0.05, 0) is 74.5 Å². The van der Waals surface area contributed by atoms with Crippen molar-refractivity contribution in [2.45, 2.75) is 119 Å². The Morgan fingerprint density at radius 3 is 1.94 bits per heavy atom. The van der Waals surface area contributed by atoms with Gasteiger partial charge < -0.3 is 13.8 Å². The molecule has 64 heavy (non-hydrogen) atoms. The minimum Gasteiger partial charge on any atom is -0.500 e. The van der Waals surface area contributed by atoms with Crippen LogP contribution < -0.4 is 0 Å². The van der Waals surface area contributed by atoms with Crippen molar-refractivity contribution in [2.75, 3.05) is 0 Å². The summed E-state index contributed by atoms with van der Waals surface area (Å²) in [6.07, 6.45) is 3.42. The maximum absolute atomic E-state index is 12.8. The first kappa shape index (κ1) is 42.5. The molecular weight excluding hydrogens is 970 g/mol. The largest absolute Gasteiger partial charge is 0.500 e. The molecule has 0 bridgehead atoms. The van der Waals surface area contributed by atoms with Crippen molar-refractivity contribution in [2.24, 2.45) is 0 Å². The van der Waals surface area contributed by atoms with Gasteiger partial charge in [-0.1, -0.05) is 149 Å². The van der Waals surface area contributed by atoms with E-state index < -0.39 is 6.85 Å². The molecule has 0 saturated heterocycles. The Balaban J connectivity index is 0.000000312. The average molecular weight is 1030 g/mol. The van der Waals surface area contributed by atoms with Crippen molar-refractivity contribution in [3.05, 3.63) is 149 Å².